The molecule has 3 N–H and O–H groups in total. The molecule has 1 atom stereocenters. The van der Waals surface area contributed by atoms with Crippen LogP contribution in [0.4, 0.5) is 0 Å². The molecule has 1 fully saturated rings. The molecule has 0 bridgehead atoms. The molecule has 1 aromatic heterocycles. The average Bonchev–Trinajstić information content (AvgIpc) is 2.77. The summed E-state index contributed by atoms with van der Waals surface area (Å²) in [4.78, 5) is 22.0. The standard InChI is InChI=1S/C10H13N3O4/c14-9-7(2-1-3-11-9)12-5-6-4-8(10(15)16)13-17-6/h4,7,12H,1-3,5H2,(H,11,14)(H,15,16). The summed E-state index contributed by atoms with van der Waals surface area (Å²) in [6.07, 6.45) is 1.70. The molecule has 1 aliphatic rings. The molecule has 0 radical (unpaired) electrons. The first kappa shape index (κ1) is 11.6. The molecular formula is C10H13N3O4. The number of nitrogens with one attached hydrogen (secondary N) is 2. The summed E-state index contributed by atoms with van der Waals surface area (Å²) in [6, 6.07) is 1.10. The number of carbonyl (C=O) groups excluding carboxylic acids is 1. The second-order valence-electron chi connectivity index (χ2n) is 3.85. The van der Waals surface area contributed by atoms with Crippen LogP contribution in [0.25, 0.3) is 0 Å². The van der Waals surface area contributed by atoms with E-state index in [0.29, 0.717) is 18.8 Å². The summed E-state index contributed by atoms with van der Waals surface area (Å²) in [5.74, 6) is -0.759. The molecule has 17 heavy (non-hydrogen) atoms. The number of carbonyl (C=O) groups is 2. The van der Waals surface area contributed by atoms with Crippen molar-refractivity contribution in [3.8, 4) is 0 Å². The fraction of sp³-hybridized carbons (Fsp3) is 0.500. The normalized spacial score (nSPS) is 20.0. The van der Waals surface area contributed by atoms with E-state index in [1.165, 1.54) is 6.07 Å². The maximum absolute atomic E-state index is 11.4. The molecule has 1 saturated heterocycles. The van der Waals surface area contributed by atoms with Crippen LogP contribution in [0.15, 0.2) is 10.6 Å². The molecule has 7 heteroatoms. The Kier molecular flexibility index (Phi) is 3.38. The summed E-state index contributed by atoms with van der Waals surface area (Å²) < 4.78 is 4.83. The summed E-state index contributed by atoms with van der Waals surface area (Å²) in [5, 5.41) is 17.8. The fourth-order valence-corrected chi connectivity index (χ4v) is 1.69. The Balaban J connectivity index is 1.88. The van der Waals surface area contributed by atoms with Gasteiger partial charge in [-0.1, -0.05) is 5.16 Å². The van der Waals surface area contributed by atoms with Gasteiger partial charge in [0.05, 0.1) is 12.6 Å². The Morgan fingerprint density at radius 1 is 1.71 bits per heavy atom. The van der Waals surface area contributed by atoms with E-state index in [-0.39, 0.29) is 17.6 Å². The maximum Gasteiger partial charge on any atom is 0.358 e. The second-order valence-corrected chi connectivity index (χ2v) is 3.85. The van der Waals surface area contributed by atoms with Gasteiger partial charge in [-0.2, -0.15) is 0 Å². The Bertz CT molecular complexity index is 429. The van der Waals surface area contributed by atoms with E-state index >= 15 is 0 Å². The first-order chi connectivity index (χ1) is 8.16. The quantitative estimate of drug-likeness (QED) is 0.668. The topological polar surface area (TPSA) is 104 Å². The van der Waals surface area contributed by atoms with Crippen molar-refractivity contribution in [3.63, 3.8) is 0 Å². The highest BCUT2D eigenvalue weighted by Crippen LogP contribution is 2.07. The van der Waals surface area contributed by atoms with Gasteiger partial charge in [-0.15, -0.1) is 0 Å². The maximum atomic E-state index is 11.4. The zero-order chi connectivity index (χ0) is 12.3. The van der Waals surface area contributed by atoms with Gasteiger partial charge in [0.15, 0.2) is 11.5 Å². The van der Waals surface area contributed by atoms with E-state index in [0.717, 1.165) is 12.8 Å². The molecule has 0 aliphatic carbocycles. The predicted octanol–water partition coefficient (Wildman–Crippen LogP) is -0.259. The van der Waals surface area contributed by atoms with Crippen LogP contribution in [0.5, 0.6) is 0 Å². The summed E-state index contributed by atoms with van der Waals surface area (Å²) >= 11 is 0. The van der Waals surface area contributed by atoms with Crippen LogP contribution in [0.1, 0.15) is 29.1 Å². The summed E-state index contributed by atoms with van der Waals surface area (Å²) in [7, 11) is 0. The lowest BCUT2D eigenvalue weighted by Crippen LogP contribution is -2.47. The Morgan fingerprint density at radius 3 is 3.18 bits per heavy atom. The first-order valence-corrected chi connectivity index (χ1v) is 5.37. The molecule has 1 aliphatic heterocycles. The van der Waals surface area contributed by atoms with Crippen molar-refractivity contribution >= 4 is 11.9 Å². The third-order valence-electron chi connectivity index (χ3n) is 2.59. The molecule has 1 aromatic rings. The predicted molar refractivity (Wildman–Crippen MR) is 56.3 cm³/mol. The summed E-state index contributed by atoms with van der Waals surface area (Å²) in [5.41, 5.74) is -0.130. The number of amides is 1. The number of rotatable bonds is 4. The van der Waals surface area contributed by atoms with E-state index in [9.17, 15) is 9.59 Å². The van der Waals surface area contributed by atoms with Gasteiger partial charge in [-0.05, 0) is 12.8 Å². The number of hydrogen-bond acceptors (Lipinski definition) is 5. The minimum Gasteiger partial charge on any atom is -0.476 e. The third-order valence-corrected chi connectivity index (χ3v) is 2.59. The monoisotopic (exact) mass is 239 g/mol. The van der Waals surface area contributed by atoms with Crippen LogP contribution in [0, 0.1) is 0 Å². The Labute approximate surface area is 97.2 Å². The zero-order valence-electron chi connectivity index (χ0n) is 9.10. The fourth-order valence-electron chi connectivity index (χ4n) is 1.69. The van der Waals surface area contributed by atoms with Crippen molar-refractivity contribution in [2.45, 2.75) is 25.4 Å². The molecule has 92 valence electrons. The van der Waals surface area contributed by atoms with Crippen LogP contribution < -0.4 is 10.6 Å². The van der Waals surface area contributed by atoms with Crippen LogP contribution in [-0.2, 0) is 11.3 Å². The van der Waals surface area contributed by atoms with Gasteiger partial charge >= 0.3 is 5.97 Å². The third kappa shape index (κ3) is 2.82. The van der Waals surface area contributed by atoms with E-state index in [1.807, 2.05) is 0 Å². The van der Waals surface area contributed by atoms with Gasteiger partial charge in [-0.25, -0.2) is 4.79 Å². The molecule has 2 heterocycles. The van der Waals surface area contributed by atoms with Gasteiger partial charge in [0.2, 0.25) is 5.91 Å². The Hall–Kier alpha value is -1.89. The van der Waals surface area contributed by atoms with Crippen molar-refractivity contribution in [2.24, 2.45) is 0 Å². The minimum absolute atomic E-state index is 0.0331. The van der Waals surface area contributed by atoms with Gasteiger partial charge in [-0.3, -0.25) is 10.1 Å². The Morgan fingerprint density at radius 2 is 2.53 bits per heavy atom. The molecule has 1 unspecified atom stereocenters. The lowest BCUT2D eigenvalue weighted by Gasteiger charge is -2.22. The van der Waals surface area contributed by atoms with E-state index < -0.39 is 5.97 Å². The number of nitrogens with zero attached hydrogens (tertiary/aromatic N) is 1. The van der Waals surface area contributed by atoms with Gasteiger partial charge in [0, 0.05) is 12.6 Å². The number of aromatic nitrogens is 1. The average molecular weight is 239 g/mol. The molecule has 0 saturated carbocycles. The molecule has 0 spiro atoms. The smallest absolute Gasteiger partial charge is 0.358 e. The molecule has 1 amide bonds. The van der Waals surface area contributed by atoms with Crippen LogP contribution in [0.2, 0.25) is 0 Å². The number of carboxylic acids is 1. The number of hydrogen-bond donors (Lipinski definition) is 3. The SMILES string of the molecule is O=C(O)c1cc(CNC2CCCNC2=O)on1. The van der Waals surface area contributed by atoms with Crippen LogP contribution in [-0.4, -0.2) is 34.7 Å². The van der Waals surface area contributed by atoms with Crippen LogP contribution >= 0.6 is 0 Å². The van der Waals surface area contributed by atoms with Crippen LogP contribution in [0.3, 0.4) is 0 Å². The highest BCUT2D eigenvalue weighted by atomic mass is 16.5. The minimum atomic E-state index is -1.13. The van der Waals surface area contributed by atoms with Crippen molar-refractivity contribution in [2.75, 3.05) is 6.54 Å². The lowest BCUT2D eigenvalue weighted by molar-refractivity contribution is -0.124. The first-order valence-electron chi connectivity index (χ1n) is 5.37. The van der Waals surface area contributed by atoms with E-state index in [2.05, 4.69) is 15.8 Å². The number of carboxylic acid groups (broad SMARTS) is 1. The lowest BCUT2D eigenvalue weighted by atomic mass is 10.1. The van der Waals surface area contributed by atoms with Crippen molar-refractivity contribution < 1.29 is 19.2 Å². The largest absolute Gasteiger partial charge is 0.476 e. The second kappa shape index (κ2) is 4.96. The molecular weight excluding hydrogens is 226 g/mol. The number of piperidine rings is 1. The molecule has 2 rings (SSSR count). The van der Waals surface area contributed by atoms with Crippen molar-refractivity contribution in [1.29, 1.82) is 0 Å². The highest BCUT2D eigenvalue weighted by molar-refractivity contribution is 5.85. The van der Waals surface area contributed by atoms with Gasteiger partial charge in [0.1, 0.15) is 0 Å². The number of aromatic carboxylic acids is 1. The van der Waals surface area contributed by atoms with Crippen molar-refractivity contribution in [3.05, 3.63) is 17.5 Å². The van der Waals surface area contributed by atoms with E-state index in [4.69, 9.17) is 9.63 Å². The summed E-state index contributed by atoms with van der Waals surface area (Å²) in [6.45, 7) is 1.00. The molecule has 7 nitrogen and oxygen atoms in total. The van der Waals surface area contributed by atoms with Gasteiger partial charge < -0.3 is 14.9 Å². The van der Waals surface area contributed by atoms with Gasteiger partial charge in [0.25, 0.3) is 0 Å². The zero-order valence-corrected chi connectivity index (χ0v) is 9.10. The van der Waals surface area contributed by atoms with E-state index in [1.54, 1.807) is 0 Å². The highest BCUT2D eigenvalue weighted by Gasteiger charge is 2.21. The molecule has 0 aromatic carbocycles. The van der Waals surface area contributed by atoms with Crippen molar-refractivity contribution in [1.82, 2.24) is 15.8 Å².